The van der Waals surface area contributed by atoms with Gasteiger partial charge in [0.15, 0.2) is 0 Å². The van der Waals surface area contributed by atoms with E-state index in [0.29, 0.717) is 162 Å². The number of nitrogens with zero attached hydrogens (tertiary/aromatic N) is 5. The molecule has 3 saturated carbocycles. The first-order valence-corrected chi connectivity index (χ1v) is 44.4. The number of carbonyl (C=O) groups excluding carboxylic acids is 3. The summed E-state index contributed by atoms with van der Waals surface area (Å²) in [5.41, 5.74) is -3.87. The first-order chi connectivity index (χ1) is 52.7. The third kappa shape index (κ3) is 32.4. The fourth-order valence-corrected chi connectivity index (χ4v) is 16.4. The second-order valence-electron chi connectivity index (χ2n) is 31.4. The van der Waals surface area contributed by atoms with Gasteiger partial charge in [-0.15, -0.1) is 35.3 Å². The molecule has 624 valence electrons. The molecular formula is C77H116N8O22P2S3. The molecule has 5 N–H and O–H groups in total. The maximum atomic E-state index is 13.5. The average molecular weight is 1660 g/mol. The van der Waals surface area contributed by atoms with Crippen LogP contribution in [0.5, 0.6) is 17.2 Å². The number of nitrogens with one attached hydrogen (secondary N) is 3. The van der Waals surface area contributed by atoms with Crippen LogP contribution in [0.1, 0.15) is 242 Å². The van der Waals surface area contributed by atoms with Crippen molar-refractivity contribution in [2.75, 3.05) is 63.5 Å². The van der Waals surface area contributed by atoms with Crippen molar-refractivity contribution in [1.29, 1.82) is 0 Å². The number of carbonyl (C=O) groups is 3. The molecule has 9 rings (SSSR count). The maximum Gasteiger partial charge on any atom is 0.475 e. The van der Waals surface area contributed by atoms with Gasteiger partial charge >= 0.3 is 32.5 Å². The van der Waals surface area contributed by atoms with Gasteiger partial charge in [-0.25, -0.2) is 23.5 Å². The van der Waals surface area contributed by atoms with Crippen LogP contribution in [-0.2, 0) is 51.3 Å². The van der Waals surface area contributed by atoms with E-state index in [9.17, 15) is 37.9 Å². The number of thioether (sulfide) groups is 3. The number of hydrogen-bond donors (Lipinski definition) is 5. The van der Waals surface area contributed by atoms with Crippen LogP contribution in [0.25, 0.3) is 0 Å². The molecule has 6 aliphatic rings. The monoisotopic (exact) mass is 1660 g/mol. The van der Waals surface area contributed by atoms with Crippen LogP contribution in [0.3, 0.4) is 0 Å². The zero-order chi connectivity index (χ0) is 82.2. The van der Waals surface area contributed by atoms with Crippen molar-refractivity contribution in [2.24, 2.45) is 43.0 Å². The number of amides is 3. The predicted molar refractivity (Wildman–Crippen MR) is 436 cm³/mol. The van der Waals surface area contributed by atoms with Gasteiger partial charge in [-0.2, -0.15) is 0 Å². The van der Waals surface area contributed by atoms with E-state index in [1.54, 1.807) is 87.4 Å². The van der Waals surface area contributed by atoms with E-state index in [0.717, 1.165) is 55.6 Å². The first-order valence-electron chi connectivity index (χ1n) is 38.5. The maximum absolute atomic E-state index is 13.5. The standard InChI is InChI=1S/C32H52N3O9PS.C24H36N3O9PS.C21H28N2O4S/c1-10-13-25(26-18-24(19-27(36)42-26)39-20-23-14-15-23)33-29(37)32(9)21-46-28(34-32)22(2)35-40-16-11-12-17-41-45(38,43-30(3,4)5)44-31(6,7)8;1-4-7-19(20-12-18(13-21(28)36-20)33-14-17-8-9-17)25-23(29)24(3)15-38-22(26-24)16(2)27-34-10-5-6-11-35-37(30,31)32;1-5-6-16(22-20(25)21(4)12-28-19(23-21)13(2)3)17-9-15(10-18(24)27-17)26-11-14-7-8-14/h18-19,23,25H,10-17,20-21H2,1-9H3,(H,33,37);12-13,17,19H,4-11,14-15H2,1-3H3,(H,25,29)(H2,30,31,32);9-10,14,16H,2,5-8,11-12H2,1,3-4H3,(H,22,25)/b35-22+;27-16+;/t25-,32+;19-,24+;16-,21+/m111/s1. The number of rotatable bonds is 43. The van der Waals surface area contributed by atoms with Crippen LogP contribution < -0.4 is 47.0 Å². The Morgan fingerprint density at radius 3 is 1.12 bits per heavy atom. The summed E-state index contributed by atoms with van der Waals surface area (Å²) in [6.45, 7) is 33.8. The highest BCUT2D eigenvalue weighted by Crippen LogP contribution is 2.55. The number of aliphatic imine (C=N–C) groups is 3. The molecule has 0 aromatic carbocycles. The SMILES string of the molecule is C=C(C)C1=N[C@](C)(C(=O)N[C@H](CCC)c2cc(OCC3CC3)cc(=O)o2)CS1.CCC[C@@H](NC(=O)[C@]1(C)CSC(/C(C)=N/OCCCCOP(=O)(O)O)=N1)c1cc(OCC2CC2)cc(=O)o1.CCC[C@@H](NC(=O)[C@]1(C)CSC(/C(C)=N/OCCCCOP(=O)(OC(C)(C)C)OC(C)(C)C)=N1)c1cc(OCC2CC2)cc(=O)o1. The summed E-state index contributed by atoms with van der Waals surface area (Å²) in [7, 11) is -8.21. The molecule has 112 heavy (non-hydrogen) atoms. The first kappa shape index (κ1) is 92.8. The number of ether oxygens (including phenoxy) is 3. The quantitative estimate of drug-likeness (QED) is 0.0152. The van der Waals surface area contributed by atoms with Crippen molar-refractivity contribution >= 4 is 95.2 Å². The highest BCUT2D eigenvalue weighted by atomic mass is 32.2. The summed E-state index contributed by atoms with van der Waals surface area (Å²) in [6.07, 6.45) is 13.1. The van der Waals surface area contributed by atoms with Gasteiger partial charge in [-0.05, 0) is 190 Å². The van der Waals surface area contributed by atoms with Crippen LogP contribution in [0.4, 0.5) is 0 Å². The van der Waals surface area contributed by atoms with Crippen molar-refractivity contribution in [3.63, 3.8) is 0 Å². The number of hydrogen-bond acceptors (Lipinski definition) is 28. The molecule has 3 amide bonds. The topological polar surface area (TPSA) is 397 Å². The van der Waals surface area contributed by atoms with Crippen molar-refractivity contribution < 1.29 is 88.5 Å². The van der Waals surface area contributed by atoms with Crippen LogP contribution >= 0.6 is 50.9 Å². The summed E-state index contributed by atoms with van der Waals surface area (Å²) >= 11 is 4.36. The van der Waals surface area contributed by atoms with Gasteiger partial charge in [-0.3, -0.25) is 47.5 Å². The van der Waals surface area contributed by atoms with Crippen LogP contribution in [0.15, 0.2) is 101 Å². The third-order valence-electron chi connectivity index (χ3n) is 17.4. The Morgan fingerprint density at radius 1 is 0.527 bits per heavy atom. The highest BCUT2D eigenvalue weighted by molar-refractivity contribution is 8.16. The molecule has 0 unspecified atom stereocenters. The summed E-state index contributed by atoms with van der Waals surface area (Å²) in [5.74, 6) is 4.89. The van der Waals surface area contributed by atoms with Gasteiger partial charge < -0.3 is 62.9 Å². The minimum atomic E-state index is -4.46. The van der Waals surface area contributed by atoms with E-state index >= 15 is 0 Å². The van der Waals surface area contributed by atoms with Crippen molar-refractivity contribution in [2.45, 2.75) is 253 Å². The zero-order valence-corrected chi connectivity index (χ0v) is 71.7. The van der Waals surface area contributed by atoms with Crippen LogP contribution in [0.2, 0.25) is 0 Å². The lowest BCUT2D eigenvalue weighted by Gasteiger charge is -2.30. The molecule has 0 bridgehead atoms. The van der Waals surface area contributed by atoms with Crippen LogP contribution in [0, 0.1) is 17.8 Å². The van der Waals surface area contributed by atoms with Gasteiger partial charge in [0.1, 0.15) is 85.9 Å². The predicted octanol–water partition coefficient (Wildman–Crippen LogP) is 14.7. The van der Waals surface area contributed by atoms with E-state index < -0.39 is 78.5 Å². The molecule has 0 spiro atoms. The fourth-order valence-electron chi connectivity index (χ4n) is 10.8. The lowest BCUT2D eigenvalue weighted by atomic mass is 10.0. The molecule has 3 aromatic heterocycles. The Bertz CT molecular complexity index is 4120. The average Bonchev–Trinajstić information content (AvgIpc) is 1.76. The molecule has 35 heteroatoms. The van der Waals surface area contributed by atoms with Crippen molar-refractivity contribution in [3.8, 4) is 17.2 Å². The lowest BCUT2D eigenvalue weighted by molar-refractivity contribution is -0.126. The van der Waals surface area contributed by atoms with Crippen molar-refractivity contribution in [3.05, 3.63) is 97.1 Å². The molecule has 3 aliphatic heterocycles. The zero-order valence-electron chi connectivity index (χ0n) is 67.4. The molecule has 6 heterocycles. The molecule has 0 saturated heterocycles. The molecule has 3 fully saturated rings. The minimum absolute atomic E-state index is 0.0768. The Balaban J connectivity index is 0.000000240. The fraction of sp³-hybridized carbons (Fsp3) is 0.675. The van der Waals surface area contributed by atoms with E-state index in [1.807, 2.05) is 34.6 Å². The van der Waals surface area contributed by atoms with Gasteiger partial charge in [-0.1, -0.05) is 56.9 Å². The summed E-state index contributed by atoms with van der Waals surface area (Å²) < 4.78 is 78.6. The Morgan fingerprint density at radius 2 is 0.830 bits per heavy atom. The van der Waals surface area contributed by atoms with Gasteiger partial charge in [0.2, 0.25) is 17.7 Å². The molecule has 30 nitrogen and oxygen atoms in total. The summed E-state index contributed by atoms with van der Waals surface area (Å²) in [6, 6.07) is 7.71. The number of unbranched alkanes of at least 4 members (excludes halogenated alkanes) is 2. The largest absolute Gasteiger partial charge is 0.493 e. The van der Waals surface area contributed by atoms with E-state index in [-0.39, 0.29) is 37.5 Å². The molecule has 3 aromatic rings. The molecule has 6 atom stereocenters. The van der Waals surface area contributed by atoms with E-state index in [2.05, 4.69) is 47.3 Å². The molecular weight excluding hydrogens is 1550 g/mol. The Kier molecular flexibility index (Phi) is 35.2. The smallest absolute Gasteiger partial charge is 0.475 e. The highest BCUT2D eigenvalue weighted by Gasteiger charge is 2.44. The summed E-state index contributed by atoms with van der Waals surface area (Å²) in [4.78, 5) is 118. The Hall–Kier alpha value is -6.38. The second-order valence-corrected chi connectivity index (χ2v) is 37.1. The summed E-state index contributed by atoms with van der Waals surface area (Å²) in [5, 5.41) is 19.3. The van der Waals surface area contributed by atoms with E-state index in [1.165, 1.54) is 66.3 Å². The number of phosphoric acid groups is 2. The number of oxime groups is 2. The molecule has 0 radical (unpaired) electrons. The van der Waals surface area contributed by atoms with Gasteiger partial charge in [0, 0.05) is 35.5 Å². The third-order valence-corrected chi connectivity index (χ3v) is 24.1. The van der Waals surface area contributed by atoms with E-state index in [4.69, 9.17) is 65.5 Å². The Labute approximate surface area is 669 Å². The van der Waals surface area contributed by atoms with Crippen molar-refractivity contribution in [1.82, 2.24) is 16.0 Å². The molecule has 3 aliphatic carbocycles. The number of phosphoric ester groups is 2. The van der Waals surface area contributed by atoms with Gasteiger partial charge in [0.05, 0.1) is 85.6 Å². The second kappa shape index (κ2) is 42.5. The minimum Gasteiger partial charge on any atom is -0.493 e. The normalized spacial score (nSPS) is 20.8. The lowest BCUT2D eigenvalue weighted by Crippen LogP contribution is -2.45. The van der Waals surface area contributed by atoms with Gasteiger partial charge in [0.25, 0.3) is 0 Å². The van der Waals surface area contributed by atoms with Crippen LogP contribution in [-0.4, -0.2) is 145 Å².